The summed E-state index contributed by atoms with van der Waals surface area (Å²) in [7, 11) is 1.36. The first-order valence-electron chi connectivity index (χ1n) is 7.78. The van der Waals surface area contributed by atoms with Crippen LogP contribution in [0.5, 0.6) is 0 Å². The molecule has 7 heteroatoms. The first-order valence-corrected chi connectivity index (χ1v) is 7.78. The average molecular weight is 306 g/mol. The van der Waals surface area contributed by atoms with Gasteiger partial charge in [0.2, 0.25) is 5.91 Å². The molecule has 1 aromatic rings. The van der Waals surface area contributed by atoms with Gasteiger partial charge in [0, 0.05) is 37.3 Å². The lowest BCUT2D eigenvalue weighted by molar-refractivity contribution is -0.138. The molecular weight excluding hydrogens is 284 g/mol. The number of aromatic nitrogens is 2. The molecule has 1 saturated heterocycles. The summed E-state index contributed by atoms with van der Waals surface area (Å²) in [6.07, 6.45) is 2.95. The molecule has 1 atom stereocenters. The molecule has 2 aliphatic heterocycles. The van der Waals surface area contributed by atoms with Crippen molar-refractivity contribution in [3.63, 3.8) is 0 Å². The first kappa shape index (κ1) is 14.9. The van der Waals surface area contributed by atoms with Gasteiger partial charge in [-0.05, 0) is 26.2 Å². The highest BCUT2D eigenvalue weighted by Crippen LogP contribution is 2.24. The maximum Gasteiger partial charge on any atom is 0.410 e. The lowest BCUT2D eigenvalue weighted by Crippen LogP contribution is -2.53. The molecule has 2 aliphatic rings. The van der Waals surface area contributed by atoms with Gasteiger partial charge in [0.1, 0.15) is 6.04 Å². The summed E-state index contributed by atoms with van der Waals surface area (Å²) in [5, 5.41) is 7.25. The SMILES string of the molecule is COC(=O)N1CCCC[C@@H]1C(=O)N1CCc2n[nH]c(C)c2C1. The number of methoxy groups -OCH3 is 1. The average Bonchev–Trinajstić information content (AvgIpc) is 2.94. The van der Waals surface area contributed by atoms with Crippen molar-refractivity contribution in [1.29, 1.82) is 0 Å². The monoisotopic (exact) mass is 306 g/mol. The standard InChI is InChI=1S/C15H22N4O3/c1-10-11-9-18(8-6-12(11)17-16-10)14(20)13-5-3-4-7-19(13)15(21)22-2/h13H,3-9H2,1-2H3,(H,16,17)/t13-/m1/s1. The van der Waals surface area contributed by atoms with E-state index in [2.05, 4.69) is 10.2 Å². The summed E-state index contributed by atoms with van der Waals surface area (Å²) in [5.41, 5.74) is 3.18. The zero-order valence-corrected chi connectivity index (χ0v) is 13.1. The van der Waals surface area contributed by atoms with Crippen LogP contribution in [-0.2, 0) is 22.5 Å². The molecular formula is C15H22N4O3. The van der Waals surface area contributed by atoms with Gasteiger partial charge in [-0.15, -0.1) is 0 Å². The Morgan fingerprint density at radius 1 is 1.32 bits per heavy atom. The van der Waals surface area contributed by atoms with E-state index in [1.165, 1.54) is 7.11 Å². The molecule has 22 heavy (non-hydrogen) atoms. The van der Waals surface area contributed by atoms with E-state index in [-0.39, 0.29) is 5.91 Å². The molecule has 0 saturated carbocycles. The molecule has 7 nitrogen and oxygen atoms in total. The van der Waals surface area contributed by atoms with Crippen LogP contribution in [-0.4, -0.2) is 58.2 Å². The van der Waals surface area contributed by atoms with Crippen molar-refractivity contribution in [3.8, 4) is 0 Å². The van der Waals surface area contributed by atoms with Crippen LogP contribution in [0.25, 0.3) is 0 Å². The number of hydrogen-bond acceptors (Lipinski definition) is 4. The van der Waals surface area contributed by atoms with E-state index in [1.54, 1.807) is 4.90 Å². The highest BCUT2D eigenvalue weighted by molar-refractivity contribution is 5.86. The molecule has 3 heterocycles. The van der Waals surface area contributed by atoms with Gasteiger partial charge in [-0.1, -0.05) is 0 Å². The fourth-order valence-corrected chi connectivity index (χ4v) is 3.35. The van der Waals surface area contributed by atoms with Gasteiger partial charge in [0.25, 0.3) is 0 Å². The number of carbonyl (C=O) groups is 2. The fraction of sp³-hybridized carbons (Fsp3) is 0.667. The number of nitrogens with one attached hydrogen (secondary N) is 1. The summed E-state index contributed by atoms with van der Waals surface area (Å²) >= 11 is 0. The van der Waals surface area contributed by atoms with E-state index in [9.17, 15) is 9.59 Å². The molecule has 0 radical (unpaired) electrons. The smallest absolute Gasteiger partial charge is 0.410 e. The molecule has 1 fully saturated rings. The predicted molar refractivity (Wildman–Crippen MR) is 79.2 cm³/mol. The second-order valence-corrected chi connectivity index (χ2v) is 5.96. The van der Waals surface area contributed by atoms with Crippen molar-refractivity contribution in [2.24, 2.45) is 0 Å². The molecule has 0 aromatic carbocycles. The van der Waals surface area contributed by atoms with E-state index >= 15 is 0 Å². The summed E-state index contributed by atoms with van der Waals surface area (Å²) < 4.78 is 4.82. The van der Waals surface area contributed by atoms with E-state index in [4.69, 9.17) is 4.74 Å². The molecule has 1 aromatic heterocycles. The van der Waals surface area contributed by atoms with Crippen LogP contribution in [0.2, 0.25) is 0 Å². The summed E-state index contributed by atoms with van der Waals surface area (Å²) in [4.78, 5) is 28.2. The van der Waals surface area contributed by atoms with Crippen LogP contribution >= 0.6 is 0 Å². The van der Waals surface area contributed by atoms with Crippen molar-refractivity contribution >= 4 is 12.0 Å². The van der Waals surface area contributed by atoms with E-state index in [0.717, 1.165) is 36.2 Å². The zero-order valence-electron chi connectivity index (χ0n) is 13.1. The highest BCUT2D eigenvalue weighted by atomic mass is 16.5. The van der Waals surface area contributed by atoms with Crippen molar-refractivity contribution in [2.75, 3.05) is 20.2 Å². The lowest BCUT2D eigenvalue weighted by Gasteiger charge is -2.37. The topological polar surface area (TPSA) is 78.5 Å². The van der Waals surface area contributed by atoms with E-state index in [0.29, 0.717) is 26.1 Å². The summed E-state index contributed by atoms with van der Waals surface area (Å²) in [5.74, 6) is 0.0244. The Bertz CT molecular complexity index is 583. The number of hydrogen-bond donors (Lipinski definition) is 1. The summed E-state index contributed by atoms with van der Waals surface area (Å²) in [6, 6.07) is -0.394. The second kappa shape index (κ2) is 5.98. The number of ether oxygens (including phenoxy) is 1. The van der Waals surface area contributed by atoms with Crippen molar-refractivity contribution in [2.45, 2.75) is 45.2 Å². The Labute approximate surface area is 129 Å². The van der Waals surface area contributed by atoms with Crippen LogP contribution in [0.1, 0.15) is 36.2 Å². The molecule has 2 amide bonds. The van der Waals surface area contributed by atoms with Gasteiger partial charge in [0.15, 0.2) is 0 Å². The molecule has 0 aliphatic carbocycles. The third-order valence-corrected chi connectivity index (χ3v) is 4.64. The number of fused-ring (bicyclic) bond motifs is 1. The number of aryl methyl sites for hydroxylation is 1. The molecule has 120 valence electrons. The first-order chi connectivity index (χ1) is 10.6. The van der Waals surface area contributed by atoms with Crippen molar-refractivity contribution in [1.82, 2.24) is 20.0 Å². The van der Waals surface area contributed by atoms with Gasteiger partial charge >= 0.3 is 6.09 Å². The largest absolute Gasteiger partial charge is 0.453 e. The fourth-order valence-electron chi connectivity index (χ4n) is 3.35. The Balaban J connectivity index is 1.75. The minimum absolute atomic E-state index is 0.0244. The minimum atomic E-state index is -0.407. The molecule has 3 rings (SSSR count). The Hall–Kier alpha value is -2.05. The molecule has 1 N–H and O–H groups in total. The number of H-pyrrole nitrogens is 1. The number of likely N-dealkylation sites (tertiary alicyclic amines) is 1. The zero-order chi connectivity index (χ0) is 15.7. The van der Waals surface area contributed by atoms with Crippen LogP contribution in [0.4, 0.5) is 4.79 Å². The Morgan fingerprint density at radius 2 is 2.14 bits per heavy atom. The molecule has 0 bridgehead atoms. The number of nitrogens with zero attached hydrogens (tertiary/aromatic N) is 3. The van der Waals surface area contributed by atoms with Gasteiger partial charge in [-0.25, -0.2) is 4.79 Å². The van der Waals surface area contributed by atoms with E-state index < -0.39 is 12.1 Å². The van der Waals surface area contributed by atoms with Crippen LogP contribution in [0.3, 0.4) is 0 Å². The number of amides is 2. The number of piperidine rings is 1. The van der Waals surface area contributed by atoms with Gasteiger partial charge in [-0.2, -0.15) is 5.10 Å². The second-order valence-electron chi connectivity index (χ2n) is 5.96. The molecule has 0 unspecified atom stereocenters. The third-order valence-electron chi connectivity index (χ3n) is 4.64. The highest BCUT2D eigenvalue weighted by Gasteiger charge is 2.36. The number of aromatic amines is 1. The van der Waals surface area contributed by atoms with Gasteiger partial charge in [-0.3, -0.25) is 14.8 Å². The minimum Gasteiger partial charge on any atom is -0.453 e. The van der Waals surface area contributed by atoms with Crippen molar-refractivity contribution < 1.29 is 14.3 Å². The number of carbonyl (C=O) groups excluding carboxylic acids is 2. The van der Waals surface area contributed by atoms with E-state index in [1.807, 2.05) is 11.8 Å². The predicted octanol–water partition coefficient (Wildman–Crippen LogP) is 1.22. The maximum atomic E-state index is 12.9. The number of rotatable bonds is 1. The van der Waals surface area contributed by atoms with Crippen molar-refractivity contribution in [3.05, 3.63) is 17.0 Å². The Kier molecular flexibility index (Phi) is 4.04. The summed E-state index contributed by atoms with van der Waals surface area (Å²) in [6.45, 7) is 3.79. The quantitative estimate of drug-likeness (QED) is 0.846. The van der Waals surface area contributed by atoms with Crippen LogP contribution in [0, 0.1) is 6.92 Å². The van der Waals surface area contributed by atoms with Crippen LogP contribution in [0.15, 0.2) is 0 Å². The Morgan fingerprint density at radius 3 is 2.91 bits per heavy atom. The normalized spacial score (nSPS) is 21.5. The lowest BCUT2D eigenvalue weighted by atomic mass is 9.99. The molecule has 0 spiro atoms. The van der Waals surface area contributed by atoms with Gasteiger partial charge in [0.05, 0.1) is 12.8 Å². The third kappa shape index (κ3) is 2.55. The van der Waals surface area contributed by atoms with Gasteiger partial charge < -0.3 is 9.64 Å². The van der Waals surface area contributed by atoms with Crippen LogP contribution < -0.4 is 0 Å². The maximum absolute atomic E-state index is 12.9.